The Hall–Kier alpha value is -7.37. The summed E-state index contributed by atoms with van der Waals surface area (Å²) < 4.78 is 8.77. The van der Waals surface area contributed by atoms with Gasteiger partial charge in [-0.25, -0.2) is 4.98 Å². The van der Waals surface area contributed by atoms with Crippen LogP contribution in [0, 0.1) is 0 Å². The average Bonchev–Trinajstić information content (AvgIpc) is 3.90. The highest BCUT2D eigenvalue weighted by Crippen LogP contribution is 2.57. The van der Waals surface area contributed by atoms with Crippen LogP contribution in [0.15, 0.2) is 186 Å². The van der Waals surface area contributed by atoms with Crippen molar-refractivity contribution in [1.82, 2.24) is 19.5 Å². The lowest BCUT2D eigenvalue weighted by molar-refractivity contribution is 0.664. The van der Waals surface area contributed by atoms with Gasteiger partial charge < -0.3 is 4.42 Å². The van der Waals surface area contributed by atoms with Crippen molar-refractivity contribution < 1.29 is 4.42 Å². The summed E-state index contributed by atoms with van der Waals surface area (Å²) in [4.78, 5) is 16.7. The summed E-state index contributed by atoms with van der Waals surface area (Å²) in [5.41, 5.74) is 9.37. The molecule has 3 heterocycles. The molecule has 0 atom stereocenters. The second kappa shape index (κ2) is 11.3. The van der Waals surface area contributed by atoms with Crippen molar-refractivity contribution in [3.8, 4) is 28.5 Å². The van der Waals surface area contributed by atoms with E-state index in [9.17, 15) is 0 Å². The molecule has 1 aliphatic carbocycles. The molecule has 0 fully saturated rings. The van der Waals surface area contributed by atoms with E-state index in [1.165, 1.54) is 0 Å². The second-order valence-electron chi connectivity index (χ2n) is 14.3. The number of benzene rings is 8. The SMILES string of the molecule is c1ccc2c(c1)-c1ccccc1C2(c1nc(-c2ccc3ccccc3c2)nc(-n2c3ccccc3c3ccccc32)n1)c1cccc2oc3ccccc3c12. The van der Waals surface area contributed by atoms with Gasteiger partial charge in [0.05, 0.1) is 11.0 Å². The van der Waals surface area contributed by atoms with E-state index in [0.29, 0.717) is 17.6 Å². The minimum atomic E-state index is -0.929. The molecule has 11 aromatic rings. The highest BCUT2D eigenvalue weighted by atomic mass is 16.3. The molecule has 5 nitrogen and oxygen atoms in total. The fourth-order valence-corrected chi connectivity index (χ4v) is 9.20. The number of nitrogens with zero attached hydrogens (tertiary/aromatic N) is 4. The van der Waals surface area contributed by atoms with Gasteiger partial charge in [0.25, 0.3) is 0 Å². The number of aromatic nitrogens is 4. The third-order valence-corrected chi connectivity index (χ3v) is 11.5. The molecule has 0 saturated heterocycles. The van der Waals surface area contributed by atoms with Gasteiger partial charge in [-0.05, 0) is 68.9 Å². The first-order chi connectivity index (χ1) is 27.3. The van der Waals surface area contributed by atoms with Crippen molar-refractivity contribution in [2.45, 2.75) is 5.41 Å². The number of furan rings is 1. The number of hydrogen-bond acceptors (Lipinski definition) is 4. The first-order valence-electron chi connectivity index (χ1n) is 18.6. The predicted molar refractivity (Wildman–Crippen MR) is 222 cm³/mol. The molecule has 1 aliphatic rings. The highest BCUT2D eigenvalue weighted by Gasteiger charge is 2.50. The molecule has 0 aliphatic heterocycles. The summed E-state index contributed by atoms with van der Waals surface area (Å²) in [6.45, 7) is 0. The zero-order valence-corrected chi connectivity index (χ0v) is 29.5. The molecule has 0 saturated carbocycles. The predicted octanol–water partition coefficient (Wildman–Crippen LogP) is 12.1. The van der Waals surface area contributed by atoms with E-state index in [1.807, 2.05) is 12.1 Å². The zero-order chi connectivity index (χ0) is 36.1. The van der Waals surface area contributed by atoms with Crippen LogP contribution in [-0.2, 0) is 5.41 Å². The summed E-state index contributed by atoms with van der Waals surface area (Å²) in [7, 11) is 0. The van der Waals surface area contributed by atoms with Crippen LogP contribution in [0.4, 0.5) is 0 Å². The summed E-state index contributed by atoms with van der Waals surface area (Å²) in [5, 5.41) is 6.69. The lowest BCUT2D eigenvalue weighted by atomic mass is 9.70. The Morgan fingerprint density at radius 1 is 0.436 bits per heavy atom. The van der Waals surface area contributed by atoms with Crippen LogP contribution in [0.2, 0.25) is 0 Å². The first-order valence-corrected chi connectivity index (χ1v) is 18.6. The standard InChI is InChI=1S/C50H30N4O/c1-2-15-32-30-33(29-28-31(32)14-1)47-51-48(53-49(52-47)54-42-24-10-5-18-36(42)37-19-6-11-25-43(37)54)50(39-21-8-3-16-34(39)35-17-4-9-22-40(35)50)41-23-13-27-45-46(41)38-20-7-12-26-44(38)55-45/h1-30H. The molecular formula is C50H30N4O. The fourth-order valence-electron chi connectivity index (χ4n) is 9.20. The molecule has 0 spiro atoms. The van der Waals surface area contributed by atoms with Gasteiger partial charge in [-0.2, -0.15) is 9.97 Å². The minimum absolute atomic E-state index is 0.566. The molecule has 12 rings (SSSR count). The van der Waals surface area contributed by atoms with Crippen LogP contribution in [-0.4, -0.2) is 19.5 Å². The molecule has 0 amide bonds. The minimum Gasteiger partial charge on any atom is -0.456 e. The monoisotopic (exact) mass is 702 g/mol. The molecule has 0 unspecified atom stereocenters. The van der Waals surface area contributed by atoms with Crippen molar-refractivity contribution >= 4 is 54.5 Å². The van der Waals surface area contributed by atoms with E-state index in [-0.39, 0.29) is 0 Å². The van der Waals surface area contributed by atoms with Crippen molar-refractivity contribution in [3.63, 3.8) is 0 Å². The Kier molecular flexibility index (Phi) is 6.20. The quantitative estimate of drug-likeness (QED) is 0.183. The summed E-state index contributed by atoms with van der Waals surface area (Å²) in [6, 6.07) is 64.1. The van der Waals surface area contributed by atoms with Gasteiger partial charge in [0.2, 0.25) is 5.95 Å². The van der Waals surface area contributed by atoms with Gasteiger partial charge >= 0.3 is 0 Å². The Balaban J connectivity index is 1.27. The van der Waals surface area contributed by atoms with Crippen LogP contribution in [0.3, 0.4) is 0 Å². The smallest absolute Gasteiger partial charge is 0.238 e. The molecule has 8 aromatic carbocycles. The van der Waals surface area contributed by atoms with Crippen LogP contribution in [0.5, 0.6) is 0 Å². The maximum Gasteiger partial charge on any atom is 0.238 e. The summed E-state index contributed by atoms with van der Waals surface area (Å²) in [5.74, 6) is 1.83. The molecule has 5 heteroatoms. The van der Waals surface area contributed by atoms with Gasteiger partial charge in [0.1, 0.15) is 16.6 Å². The molecule has 0 radical (unpaired) electrons. The highest BCUT2D eigenvalue weighted by molar-refractivity contribution is 6.10. The maximum absolute atomic E-state index is 6.57. The zero-order valence-electron chi connectivity index (χ0n) is 29.5. The van der Waals surface area contributed by atoms with Gasteiger partial charge in [0.15, 0.2) is 11.6 Å². The molecule has 55 heavy (non-hydrogen) atoms. The van der Waals surface area contributed by atoms with Crippen LogP contribution < -0.4 is 0 Å². The van der Waals surface area contributed by atoms with Gasteiger partial charge in [-0.15, -0.1) is 0 Å². The number of hydrogen-bond donors (Lipinski definition) is 0. The molecule has 256 valence electrons. The van der Waals surface area contributed by atoms with Crippen LogP contribution in [0.25, 0.3) is 83.0 Å². The van der Waals surface area contributed by atoms with Crippen LogP contribution >= 0.6 is 0 Å². The van der Waals surface area contributed by atoms with E-state index in [1.54, 1.807) is 0 Å². The van der Waals surface area contributed by atoms with E-state index in [4.69, 9.17) is 19.4 Å². The van der Waals surface area contributed by atoms with Crippen molar-refractivity contribution in [2.75, 3.05) is 0 Å². The Labute approximate surface area is 315 Å². The average molecular weight is 703 g/mol. The molecule has 0 N–H and O–H groups in total. The number of fused-ring (bicyclic) bond motifs is 10. The fraction of sp³-hybridized carbons (Fsp3) is 0.0200. The Bertz CT molecular complexity index is 3260. The van der Waals surface area contributed by atoms with Crippen molar-refractivity contribution in [2.24, 2.45) is 0 Å². The number of para-hydroxylation sites is 3. The molecular weight excluding hydrogens is 673 g/mol. The molecule has 3 aromatic heterocycles. The summed E-state index contributed by atoms with van der Waals surface area (Å²) >= 11 is 0. The number of rotatable bonds is 4. The van der Waals surface area contributed by atoms with Crippen molar-refractivity contribution in [3.05, 3.63) is 205 Å². The van der Waals surface area contributed by atoms with Crippen molar-refractivity contribution in [1.29, 1.82) is 0 Å². The lowest BCUT2D eigenvalue weighted by Crippen LogP contribution is -2.32. The normalized spacial score (nSPS) is 13.2. The third-order valence-electron chi connectivity index (χ3n) is 11.5. The van der Waals surface area contributed by atoms with Gasteiger partial charge in [0, 0.05) is 27.1 Å². The first kappa shape index (κ1) is 30.1. The van der Waals surface area contributed by atoms with E-state index < -0.39 is 5.41 Å². The topological polar surface area (TPSA) is 56.7 Å². The van der Waals surface area contributed by atoms with Crippen LogP contribution in [0.1, 0.15) is 22.5 Å². The van der Waals surface area contributed by atoms with E-state index in [2.05, 4.69) is 174 Å². The van der Waals surface area contributed by atoms with E-state index in [0.717, 1.165) is 87.9 Å². The molecule has 0 bridgehead atoms. The Morgan fingerprint density at radius 2 is 1.02 bits per heavy atom. The van der Waals surface area contributed by atoms with Gasteiger partial charge in [-0.1, -0.05) is 152 Å². The largest absolute Gasteiger partial charge is 0.456 e. The maximum atomic E-state index is 6.57. The van der Waals surface area contributed by atoms with Gasteiger partial charge in [-0.3, -0.25) is 4.57 Å². The summed E-state index contributed by atoms with van der Waals surface area (Å²) in [6.07, 6.45) is 0. The van der Waals surface area contributed by atoms with E-state index >= 15 is 0 Å². The second-order valence-corrected chi connectivity index (χ2v) is 14.3. The lowest BCUT2D eigenvalue weighted by Gasteiger charge is -2.32. The Morgan fingerprint density at radius 3 is 1.76 bits per heavy atom. The third kappa shape index (κ3) is 4.15.